The summed E-state index contributed by atoms with van der Waals surface area (Å²) in [7, 11) is 2.73. The Hall–Kier alpha value is -2.19. The van der Waals surface area contributed by atoms with Crippen molar-refractivity contribution in [3.63, 3.8) is 0 Å². The Labute approximate surface area is 114 Å². The molecular formula is C12H9F5N2O2. The lowest BCUT2D eigenvalue weighted by molar-refractivity contribution is -0.255. The first-order valence-corrected chi connectivity index (χ1v) is 5.63. The highest BCUT2D eigenvalue weighted by molar-refractivity contribution is 6.04. The van der Waals surface area contributed by atoms with Crippen LogP contribution in [-0.4, -0.2) is 27.0 Å². The molecule has 0 saturated heterocycles. The smallest absolute Gasteiger partial charge is 0.295 e. The van der Waals surface area contributed by atoms with E-state index in [-0.39, 0.29) is 5.52 Å². The quantitative estimate of drug-likeness (QED) is 0.631. The van der Waals surface area contributed by atoms with Crippen LogP contribution in [0.5, 0.6) is 0 Å². The predicted molar refractivity (Wildman–Crippen MR) is 63.5 cm³/mol. The van der Waals surface area contributed by atoms with Gasteiger partial charge in [0.2, 0.25) is 5.78 Å². The van der Waals surface area contributed by atoms with Gasteiger partial charge in [-0.1, -0.05) is 0 Å². The lowest BCUT2D eigenvalue weighted by atomic mass is 10.0. The molecule has 0 radical (unpaired) electrons. The molecule has 4 nitrogen and oxygen atoms in total. The van der Waals surface area contributed by atoms with Gasteiger partial charge in [0.25, 0.3) is 0 Å². The van der Waals surface area contributed by atoms with Crippen molar-refractivity contribution in [1.82, 2.24) is 9.13 Å². The van der Waals surface area contributed by atoms with Crippen molar-refractivity contribution in [2.24, 2.45) is 14.1 Å². The number of benzene rings is 1. The van der Waals surface area contributed by atoms with Crippen LogP contribution in [0, 0.1) is 0 Å². The molecule has 0 aliphatic heterocycles. The van der Waals surface area contributed by atoms with E-state index >= 15 is 0 Å². The number of aryl methyl sites for hydroxylation is 2. The zero-order valence-electron chi connectivity index (χ0n) is 10.8. The van der Waals surface area contributed by atoms with E-state index in [1.54, 1.807) is 0 Å². The highest BCUT2D eigenvalue weighted by atomic mass is 19.4. The van der Waals surface area contributed by atoms with Crippen LogP contribution in [-0.2, 0) is 14.1 Å². The molecule has 0 atom stereocenters. The summed E-state index contributed by atoms with van der Waals surface area (Å²) in [6, 6.07) is 2.83. The number of rotatable bonds is 2. The van der Waals surface area contributed by atoms with Crippen molar-refractivity contribution in [1.29, 1.82) is 0 Å². The largest absolute Gasteiger partial charge is 0.461 e. The average Bonchev–Trinajstić information content (AvgIpc) is 2.61. The van der Waals surface area contributed by atoms with E-state index in [0.29, 0.717) is 5.52 Å². The fourth-order valence-corrected chi connectivity index (χ4v) is 1.96. The molecule has 0 fully saturated rings. The van der Waals surface area contributed by atoms with Crippen LogP contribution in [0.2, 0.25) is 0 Å². The molecule has 0 unspecified atom stereocenters. The molecular weight excluding hydrogens is 299 g/mol. The van der Waals surface area contributed by atoms with Gasteiger partial charge in [0.05, 0.1) is 11.0 Å². The third-order valence-corrected chi connectivity index (χ3v) is 3.18. The average molecular weight is 308 g/mol. The summed E-state index contributed by atoms with van der Waals surface area (Å²) < 4.78 is 64.9. The van der Waals surface area contributed by atoms with Crippen LogP contribution in [0.3, 0.4) is 0 Å². The zero-order valence-corrected chi connectivity index (χ0v) is 10.8. The summed E-state index contributed by atoms with van der Waals surface area (Å²) in [4.78, 5) is 23.0. The van der Waals surface area contributed by atoms with Gasteiger partial charge < -0.3 is 0 Å². The van der Waals surface area contributed by atoms with Gasteiger partial charge in [-0.3, -0.25) is 13.9 Å². The monoisotopic (exact) mass is 308 g/mol. The molecule has 2 aromatic rings. The van der Waals surface area contributed by atoms with Gasteiger partial charge in [-0.25, -0.2) is 4.79 Å². The minimum Gasteiger partial charge on any atom is -0.295 e. The van der Waals surface area contributed by atoms with E-state index in [1.165, 1.54) is 18.7 Å². The molecule has 2 rings (SSSR count). The summed E-state index contributed by atoms with van der Waals surface area (Å²) in [6.45, 7) is 0. The van der Waals surface area contributed by atoms with Crippen molar-refractivity contribution in [2.45, 2.75) is 12.1 Å². The summed E-state index contributed by atoms with van der Waals surface area (Å²) >= 11 is 0. The molecule has 0 saturated carbocycles. The third kappa shape index (κ3) is 2.12. The topological polar surface area (TPSA) is 44.0 Å². The van der Waals surface area contributed by atoms with Crippen molar-refractivity contribution >= 4 is 16.8 Å². The molecule has 0 N–H and O–H groups in total. The van der Waals surface area contributed by atoms with Gasteiger partial charge in [0.15, 0.2) is 0 Å². The first kappa shape index (κ1) is 15.2. The fraction of sp³-hybridized carbons (Fsp3) is 0.333. The summed E-state index contributed by atoms with van der Waals surface area (Å²) in [5.41, 5.74) is -0.899. The molecule has 0 bridgehead atoms. The third-order valence-electron chi connectivity index (χ3n) is 3.18. The van der Waals surface area contributed by atoms with Crippen molar-refractivity contribution in [2.75, 3.05) is 0 Å². The maximum Gasteiger partial charge on any atom is 0.461 e. The fourth-order valence-electron chi connectivity index (χ4n) is 1.96. The highest BCUT2D eigenvalue weighted by Gasteiger charge is 2.63. The molecule has 21 heavy (non-hydrogen) atoms. The lowest BCUT2D eigenvalue weighted by Crippen LogP contribution is -2.44. The maximum atomic E-state index is 13.0. The van der Waals surface area contributed by atoms with E-state index < -0.39 is 29.1 Å². The second-order valence-corrected chi connectivity index (χ2v) is 4.51. The SMILES string of the molecule is Cn1c(=O)n(C)c2cc(C(=O)C(F)(F)C(F)(F)F)ccc21. The number of hydrogen-bond donors (Lipinski definition) is 0. The van der Waals surface area contributed by atoms with Crippen LogP contribution in [0.4, 0.5) is 22.0 Å². The number of aromatic nitrogens is 2. The van der Waals surface area contributed by atoms with Gasteiger partial charge >= 0.3 is 17.8 Å². The molecule has 0 spiro atoms. The predicted octanol–water partition coefficient (Wildman–Crippen LogP) is 2.26. The Balaban J connectivity index is 2.62. The normalized spacial score (nSPS) is 12.9. The molecule has 0 aliphatic rings. The summed E-state index contributed by atoms with van der Waals surface area (Å²) in [5.74, 6) is -7.83. The number of imidazole rings is 1. The zero-order chi connectivity index (χ0) is 16.2. The maximum absolute atomic E-state index is 13.0. The van der Waals surface area contributed by atoms with Gasteiger partial charge in [-0.05, 0) is 18.2 Å². The number of ketones is 1. The van der Waals surface area contributed by atoms with Crippen LogP contribution in [0.1, 0.15) is 10.4 Å². The van der Waals surface area contributed by atoms with Crippen LogP contribution in [0.25, 0.3) is 11.0 Å². The van der Waals surface area contributed by atoms with E-state index in [0.717, 1.165) is 22.8 Å². The van der Waals surface area contributed by atoms with Gasteiger partial charge in [0.1, 0.15) is 0 Å². The lowest BCUT2D eigenvalue weighted by Gasteiger charge is -2.18. The molecule has 9 heteroatoms. The first-order chi connectivity index (χ1) is 9.48. The van der Waals surface area contributed by atoms with Gasteiger partial charge in [-0.15, -0.1) is 0 Å². The van der Waals surface area contributed by atoms with E-state index in [4.69, 9.17) is 0 Å². The number of fused-ring (bicyclic) bond motifs is 1. The first-order valence-electron chi connectivity index (χ1n) is 5.63. The number of carbonyl (C=O) groups excluding carboxylic acids is 1. The molecule has 1 aromatic carbocycles. The molecule has 114 valence electrons. The van der Waals surface area contributed by atoms with Crippen molar-refractivity contribution < 1.29 is 26.7 Å². The molecule has 0 amide bonds. The number of hydrogen-bond acceptors (Lipinski definition) is 2. The van der Waals surface area contributed by atoms with Crippen LogP contribution in [0.15, 0.2) is 23.0 Å². The number of alkyl halides is 5. The second kappa shape index (κ2) is 4.40. The minimum absolute atomic E-state index is 0.0892. The Morgan fingerprint density at radius 2 is 1.52 bits per heavy atom. The number of Topliss-reactive ketones (excluding diaryl/α,β-unsaturated/α-hetero) is 1. The standard InChI is InChI=1S/C12H9F5N2O2/c1-18-7-4-3-6(5-8(7)19(2)10(18)21)9(20)11(13,14)12(15,16)17/h3-5H,1-2H3. The van der Waals surface area contributed by atoms with Crippen LogP contribution >= 0.6 is 0 Å². The Morgan fingerprint density at radius 3 is 2.05 bits per heavy atom. The Morgan fingerprint density at radius 1 is 1.00 bits per heavy atom. The van der Waals surface area contributed by atoms with E-state index in [9.17, 15) is 31.5 Å². The second-order valence-electron chi connectivity index (χ2n) is 4.51. The number of halogens is 5. The number of nitrogens with zero attached hydrogens (tertiary/aromatic N) is 2. The van der Waals surface area contributed by atoms with E-state index in [2.05, 4.69) is 0 Å². The van der Waals surface area contributed by atoms with Crippen molar-refractivity contribution in [3.8, 4) is 0 Å². The summed E-state index contributed by atoms with van der Waals surface area (Å²) in [5, 5.41) is 0. The minimum atomic E-state index is -5.97. The van der Waals surface area contributed by atoms with Crippen molar-refractivity contribution in [3.05, 3.63) is 34.2 Å². The van der Waals surface area contributed by atoms with E-state index in [1.807, 2.05) is 0 Å². The van der Waals surface area contributed by atoms with Gasteiger partial charge in [-0.2, -0.15) is 22.0 Å². The highest BCUT2D eigenvalue weighted by Crippen LogP contribution is 2.38. The molecule has 0 aliphatic carbocycles. The van der Waals surface area contributed by atoms with Crippen LogP contribution < -0.4 is 5.69 Å². The van der Waals surface area contributed by atoms with Gasteiger partial charge in [0, 0.05) is 19.7 Å². The number of carbonyl (C=O) groups is 1. The summed E-state index contributed by atoms with van der Waals surface area (Å²) in [6.07, 6.45) is -5.97. The Kier molecular flexibility index (Phi) is 3.19. The molecule has 1 heterocycles. The Bertz CT molecular complexity index is 785. The molecule has 1 aromatic heterocycles.